The monoisotopic (exact) mass is 203 g/mol. The fourth-order valence-electron chi connectivity index (χ4n) is 1.24. The summed E-state index contributed by atoms with van der Waals surface area (Å²) in [5.41, 5.74) is 0. The van der Waals surface area contributed by atoms with Crippen LogP contribution in [0.2, 0.25) is 0 Å². The summed E-state index contributed by atoms with van der Waals surface area (Å²) in [4.78, 5) is 2.45. The van der Waals surface area contributed by atoms with Crippen LogP contribution in [0.5, 0.6) is 0 Å². The molecule has 0 bridgehead atoms. The van der Waals surface area contributed by atoms with Gasteiger partial charge in [-0.3, -0.25) is 4.90 Å². The quantitative estimate of drug-likeness (QED) is 0.474. The van der Waals surface area contributed by atoms with Crippen LogP contribution in [0.4, 0.5) is 0 Å². The van der Waals surface area contributed by atoms with Crippen LogP contribution in [0, 0.1) is 5.92 Å². The van der Waals surface area contributed by atoms with E-state index in [1.54, 1.807) is 0 Å². The molecule has 0 saturated carbocycles. The van der Waals surface area contributed by atoms with Crippen molar-refractivity contribution >= 4 is 11.6 Å². The Kier molecular flexibility index (Phi) is 7.39. The van der Waals surface area contributed by atoms with Crippen molar-refractivity contribution in [2.45, 2.75) is 33.7 Å². The Labute approximate surface area is 87.8 Å². The summed E-state index contributed by atoms with van der Waals surface area (Å²) >= 11 is 5.56. The Morgan fingerprint density at radius 2 is 1.77 bits per heavy atom. The van der Waals surface area contributed by atoms with Gasteiger partial charge in [-0.15, -0.1) is 11.6 Å². The lowest BCUT2D eigenvalue weighted by Crippen LogP contribution is -2.34. The molecule has 13 heavy (non-hydrogen) atoms. The number of rotatable bonds is 6. The summed E-state index contributed by atoms with van der Waals surface area (Å²) in [6.07, 6.45) is 4.16. The van der Waals surface area contributed by atoms with Crippen molar-refractivity contribution in [3.05, 3.63) is 12.2 Å². The second-order valence-corrected chi connectivity index (χ2v) is 4.38. The van der Waals surface area contributed by atoms with Crippen LogP contribution in [0.15, 0.2) is 12.2 Å². The van der Waals surface area contributed by atoms with Gasteiger partial charge in [0.1, 0.15) is 0 Å². The van der Waals surface area contributed by atoms with Crippen molar-refractivity contribution in [3.63, 3.8) is 0 Å². The number of nitrogens with zero attached hydrogens (tertiary/aromatic N) is 1. The molecule has 0 radical (unpaired) electrons. The van der Waals surface area contributed by atoms with Crippen LogP contribution < -0.4 is 0 Å². The first-order valence-corrected chi connectivity index (χ1v) is 5.56. The molecule has 0 unspecified atom stereocenters. The highest BCUT2D eigenvalue weighted by Crippen LogP contribution is 2.03. The first-order chi connectivity index (χ1) is 6.07. The average Bonchev–Trinajstić information content (AvgIpc) is 2.02. The second-order valence-electron chi connectivity index (χ2n) is 4.07. The van der Waals surface area contributed by atoms with Crippen molar-refractivity contribution in [1.82, 2.24) is 4.90 Å². The molecule has 0 aliphatic heterocycles. The van der Waals surface area contributed by atoms with Gasteiger partial charge in [0.25, 0.3) is 0 Å². The van der Waals surface area contributed by atoms with Gasteiger partial charge in [-0.05, 0) is 19.8 Å². The minimum absolute atomic E-state index is 0.613. The summed E-state index contributed by atoms with van der Waals surface area (Å²) in [6, 6.07) is 0.613. The van der Waals surface area contributed by atoms with Crippen molar-refractivity contribution < 1.29 is 0 Å². The van der Waals surface area contributed by atoms with E-state index >= 15 is 0 Å². The van der Waals surface area contributed by atoms with E-state index in [1.807, 2.05) is 6.08 Å². The van der Waals surface area contributed by atoms with E-state index in [4.69, 9.17) is 11.6 Å². The van der Waals surface area contributed by atoms with Gasteiger partial charge in [0.2, 0.25) is 0 Å². The predicted octanol–water partition coefficient (Wildman–Crippen LogP) is 3.15. The van der Waals surface area contributed by atoms with E-state index in [0.29, 0.717) is 11.9 Å². The fourth-order valence-corrected chi connectivity index (χ4v) is 1.36. The van der Waals surface area contributed by atoms with Crippen LogP contribution in [0.3, 0.4) is 0 Å². The molecule has 0 rings (SSSR count). The molecule has 0 heterocycles. The smallest absolute Gasteiger partial charge is 0.0404 e. The molecule has 1 nitrogen and oxygen atoms in total. The van der Waals surface area contributed by atoms with E-state index < -0.39 is 0 Å². The molecule has 2 heteroatoms. The van der Waals surface area contributed by atoms with Crippen LogP contribution in [-0.4, -0.2) is 29.9 Å². The topological polar surface area (TPSA) is 3.24 Å². The standard InChI is InChI=1S/C11H22ClN/c1-10(2)9-13(11(3)4)8-6-5-7-12/h5-6,10-11H,7-9H2,1-4H3. The maximum absolute atomic E-state index is 5.56. The average molecular weight is 204 g/mol. The van der Waals surface area contributed by atoms with E-state index in [9.17, 15) is 0 Å². The largest absolute Gasteiger partial charge is 0.297 e. The molecule has 0 atom stereocenters. The first-order valence-electron chi connectivity index (χ1n) is 5.03. The Bertz CT molecular complexity index is 141. The van der Waals surface area contributed by atoms with Crippen molar-refractivity contribution in [2.24, 2.45) is 5.92 Å². The number of alkyl halides is 1. The van der Waals surface area contributed by atoms with E-state index in [0.717, 1.165) is 19.0 Å². The summed E-state index contributed by atoms with van der Waals surface area (Å²) in [6.45, 7) is 11.1. The highest BCUT2D eigenvalue weighted by molar-refractivity contribution is 6.18. The lowest BCUT2D eigenvalue weighted by atomic mass is 10.2. The fraction of sp³-hybridized carbons (Fsp3) is 0.818. The molecule has 0 aliphatic rings. The van der Waals surface area contributed by atoms with Crippen molar-refractivity contribution in [2.75, 3.05) is 19.0 Å². The third-order valence-electron chi connectivity index (χ3n) is 1.93. The van der Waals surface area contributed by atoms with Crippen LogP contribution in [-0.2, 0) is 0 Å². The molecule has 0 aromatic carbocycles. The molecule has 0 fully saturated rings. The van der Waals surface area contributed by atoms with Gasteiger partial charge < -0.3 is 0 Å². The third kappa shape index (κ3) is 7.09. The van der Waals surface area contributed by atoms with E-state index in [-0.39, 0.29) is 0 Å². The second kappa shape index (κ2) is 7.40. The van der Waals surface area contributed by atoms with Gasteiger partial charge in [-0.25, -0.2) is 0 Å². The molecule has 0 aliphatic carbocycles. The molecular weight excluding hydrogens is 182 g/mol. The molecule has 78 valence electrons. The number of hydrogen-bond acceptors (Lipinski definition) is 1. The van der Waals surface area contributed by atoms with Gasteiger partial charge in [0.15, 0.2) is 0 Å². The molecule has 0 amide bonds. The Balaban J connectivity index is 3.87. The zero-order valence-electron chi connectivity index (χ0n) is 9.26. The molecule has 0 saturated heterocycles. The van der Waals surface area contributed by atoms with Crippen molar-refractivity contribution in [1.29, 1.82) is 0 Å². The molecule has 0 aromatic heterocycles. The zero-order valence-corrected chi connectivity index (χ0v) is 10.0. The summed E-state index contributed by atoms with van der Waals surface area (Å²) in [5.74, 6) is 1.35. The SMILES string of the molecule is CC(C)CN(CC=CCCl)C(C)C. The Morgan fingerprint density at radius 1 is 1.15 bits per heavy atom. The summed E-state index contributed by atoms with van der Waals surface area (Å²) in [5, 5.41) is 0. The molecule has 0 aromatic rings. The van der Waals surface area contributed by atoms with Gasteiger partial charge >= 0.3 is 0 Å². The highest BCUT2D eigenvalue weighted by atomic mass is 35.5. The predicted molar refractivity (Wildman–Crippen MR) is 61.4 cm³/mol. The summed E-state index contributed by atoms with van der Waals surface area (Å²) < 4.78 is 0. The van der Waals surface area contributed by atoms with Gasteiger partial charge in [0, 0.05) is 25.0 Å². The normalized spacial score (nSPS) is 12.6. The van der Waals surface area contributed by atoms with E-state index in [1.165, 1.54) is 0 Å². The molecule has 0 spiro atoms. The van der Waals surface area contributed by atoms with Gasteiger partial charge in [-0.1, -0.05) is 26.0 Å². The lowest BCUT2D eigenvalue weighted by molar-refractivity contribution is 0.219. The Hall–Kier alpha value is -0.0100. The first kappa shape index (κ1) is 13.0. The van der Waals surface area contributed by atoms with Crippen LogP contribution in [0.25, 0.3) is 0 Å². The number of halogens is 1. The van der Waals surface area contributed by atoms with Crippen LogP contribution >= 0.6 is 11.6 Å². The number of allylic oxidation sites excluding steroid dienone is 1. The highest BCUT2D eigenvalue weighted by Gasteiger charge is 2.08. The molecular formula is C11H22ClN. The zero-order chi connectivity index (χ0) is 10.3. The van der Waals surface area contributed by atoms with Gasteiger partial charge in [-0.2, -0.15) is 0 Å². The van der Waals surface area contributed by atoms with Crippen LogP contribution in [0.1, 0.15) is 27.7 Å². The minimum atomic E-state index is 0.613. The maximum atomic E-state index is 5.56. The van der Waals surface area contributed by atoms with Gasteiger partial charge in [0.05, 0.1) is 0 Å². The summed E-state index contributed by atoms with van der Waals surface area (Å²) in [7, 11) is 0. The third-order valence-corrected chi connectivity index (χ3v) is 2.10. The maximum Gasteiger partial charge on any atom is 0.0404 e. The Morgan fingerprint density at radius 3 is 2.15 bits per heavy atom. The molecule has 0 N–H and O–H groups in total. The lowest BCUT2D eigenvalue weighted by Gasteiger charge is -2.26. The van der Waals surface area contributed by atoms with E-state index in [2.05, 4.69) is 38.7 Å². The number of hydrogen-bond donors (Lipinski definition) is 0. The van der Waals surface area contributed by atoms with Crippen molar-refractivity contribution in [3.8, 4) is 0 Å². The minimum Gasteiger partial charge on any atom is -0.297 e.